The maximum absolute atomic E-state index is 12.0. The fraction of sp³-hybridized carbons (Fsp3) is 0. The molecule has 0 aliphatic rings. The summed E-state index contributed by atoms with van der Waals surface area (Å²) >= 11 is 4.74. The third-order valence-corrected chi connectivity index (χ3v) is 3.85. The number of carbonyl (C=O) groups excluding carboxylic acids is 1. The Morgan fingerprint density at radius 3 is 2.82 bits per heavy atom. The molecule has 7 heteroatoms. The number of benzene rings is 1. The van der Waals surface area contributed by atoms with Crippen LogP contribution in [0.5, 0.6) is 11.6 Å². The third-order valence-electron chi connectivity index (χ3n) is 2.67. The average molecular weight is 376 g/mol. The van der Waals surface area contributed by atoms with E-state index in [4.69, 9.17) is 4.74 Å². The monoisotopic (exact) mass is 375 g/mol. The fourth-order valence-electron chi connectivity index (χ4n) is 1.68. The largest absolute Gasteiger partial charge is 0.439 e. The highest BCUT2D eigenvalue weighted by atomic mass is 79.9. The van der Waals surface area contributed by atoms with E-state index in [1.807, 2.05) is 24.3 Å². The molecular weight excluding hydrogens is 366 g/mol. The molecule has 0 saturated heterocycles. The molecular formula is C15H10BrN3O2S. The molecule has 3 rings (SSSR count). The van der Waals surface area contributed by atoms with E-state index in [0.29, 0.717) is 22.3 Å². The van der Waals surface area contributed by atoms with Gasteiger partial charge in [-0.3, -0.25) is 10.1 Å². The number of aromatic nitrogens is 2. The number of anilines is 1. The number of pyridine rings is 1. The van der Waals surface area contributed by atoms with Crippen molar-refractivity contribution in [1.29, 1.82) is 0 Å². The second kappa shape index (κ2) is 6.67. The Morgan fingerprint density at radius 1 is 1.23 bits per heavy atom. The predicted molar refractivity (Wildman–Crippen MR) is 88.5 cm³/mol. The molecule has 0 bridgehead atoms. The summed E-state index contributed by atoms with van der Waals surface area (Å²) in [7, 11) is 0. The summed E-state index contributed by atoms with van der Waals surface area (Å²) in [6, 6.07) is 10.8. The first kappa shape index (κ1) is 14.7. The van der Waals surface area contributed by atoms with Crippen LogP contribution in [-0.4, -0.2) is 15.9 Å². The van der Waals surface area contributed by atoms with Crippen molar-refractivity contribution in [2.75, 3.05) is 5.32 Å². The van der Waals surface area contributed by atoms with Crippen LogP contribution in [-0.2, 0) is 0 Å². The Hall–Kier alpha value is -2.25. The minimum absolute atomic E-state index is 0.253. The lowest BCUT2D eigenvalue weighted by molar-refractivity contribution is 0.102. The van der Waals surface area contributed by atoms with E-state index in [2.05, 4.69) is 31.2 Å². The highest BCUT2D eigenvalue weighted by molar-refractivity contribution is 9.10. The van der Waals surface area contributed by atoms with Gasteiger partial charge in [0, 0.05) is 28.3 Å². The molecule has 3 aromatic rings. The number of ether oxygens (including phenoxy) is 1. The molecule has 0 spiro atoms. The molecule has 2 heterocycles. The van der Waals surface area contributed by atoms with Gasteiger partial charge in [-0.1, -0.05) is 22.0 Å². The Morgan fingerprint density at radius 2 is 2.14 bits per heavy atom. The standard InChI is InChI=1S/C15H10BrN3O2S/c16-11-2-1-3-12(8-11)21-13-5-4-10(9-18-13)14(20)19-15-17-6-7-22-15/h1-9H,(H,17,19,20). The number of hydrogen-bond donors (Lipinski definition) is 1. The molecule has 0 unspecified atom stereocenters. The van der Waals surface area contributed by atoms with Gasteiger partial charge < -0.3 is 4.74 Å². The molecule has 0 saturated carbocycles. The van der Waals surface area contributed by atoms with E-state index in [1.54, 1.807) is 23.7 Å². The van der Waals surface area contributed by atoms with Crippen molar-refractivity contribution in [3.8, 4) is 11.6 Å². The lowest BCUT2D eigenvalue weighted by atomic mass is 10.3. The predicted octanol–water partition coefficient (Wildman–Crippen LogP) is 4.35. The number of carbonyl (C=O) groups is 1. The van der Waals surface area contributed by atoms with Gasteiger partial charge in [0.05, 0.1) is 5.56 Å². The minimum atomic E-state index is -0.253. The summed E-state index contributed by atoms with van der Waals surface area (Å²) in [4.78, 5) is 20.1. The van der Waals surface area contributed by atoms with E-state index in [-0.39, 0.29) is 5.91 Å². The van der Waals surface area contributed by atoms with Gasteiger partial charge in [-0.15, -0.1) is 11.3 Å². The van der Waals surface area contributed by atoms with Crippen molar-refractivity contribution in [3.63, 3.8) is 0 Å². The van der Waals surface area contributed by atoms with E-state index < -0.39 is 0 Å². The molecule has 0 aliphatic heterocycles. The van der Waals surface area contributed by atoms with Crippen molar-refractivity contribution in [1.82, 2.24) is 9.97 Å². The quantitative estimate of drug-likeness (QED) is 0.736. The Balaban J connectivity index is 1.68. The lowest BCUT2D eigenvalue weighted by Gasteiger charge is -2.06. The summed E-state index contributed by atoms with van der Waals surface area (Å²) in [5, 5.41) is 5.05. The van der Waals surface area contributed by atoms with Crippen molar-refractivity contribution >= 4 is 38.3 Å². The van der Waals surface area contributed by atoms with Crippen molar-refractivity contribution < 1.29 is 9.53 Å². The fourth-order valence-corrected chi connectivity index (χ4v) is 2.58. The lowest BCUT2D eigenvalue weighted by Crippen LogP contribution is -2.11. The normalized spacial score (nSPS) is 10.2. The summed E-state index contributed by atoms with van der Waals surface area (Å²) in [6.07, 6.45) is 3.10. The number of halogens is 1. The van der Waals surface area contributed by atoms with Gasteiger partial charge in [0.2, 0.25) is 5.88 Å². The van der Waals surface area contributed by atoms with Crippen molar-refractivity contribution in [2.45, 2.75) is 0 Å². The Bertz CT molecular complexity index is 776. The molecule has 0 atom stereocenters. The summed E-state index contributed by atoms with van der Waals surface area (Å²) < 4.78 is 6.54. The van der Waals surface area contributed by atoms with Crippen LogP contribution in [0.1, 0.15) is 10.4 Å². The molecule has 1 amide bonds. The molecule has 1 aromatic carbocycles. The van der Waals surface area contributed by atoms with E-state index >= 15 is 0 Å². The van der Waals surface area contributed by atoms with Crippen molar-refractivity contribution in [3.05, 3.63) is 64.2 Å². The number of hydrogen-bond acceptors (Lipinski definition) is 5. The van der Waals surface area contributed by atoms with Gasteiger partial charge >= 0.3 is 0 Å². The van der Waals surface area contributed by atoms with Gasteiger partial charge in [0.1, 0.15) is 5.75 Å². The number of thiazole rings is 1. The maximum atomic E-state index is 12.0. The maximum Gasteiger partial charge on any atom is 0.259 e. The van der Waals surface area contributed by atoms with Crippen LogP contribution in [0, 0.1) is 0 Å². The van der Waals surface area contributed by atoms with Crippen LogP contribution in [0.3, 0.4) is 0 Å². The number of rotatable bonds is 4. The molecule has 22 heavy (non-hydrogen) atoms. The zero-order valence-electron chi connectivity index (χ0n) is 11.2. The topological polar surface area (TPSA) is 64.1 Å². The van der Waals surface area contributed by atoms with Crippen LogP contribution in [0.25, 0.3) is 0 Å². The van der Waals surface area contributed by atoms with Crippen LogP contribution in [0.2, 0.25) is 0 Å². The minimum Gasteiger partial charge on any atom is -0.439 e. The number of nitrogens with one attached hydrogen (secondary N) is 1. The van der Waals surface area contributed by atoms with Crippen LogP contribution in [0.4, 0.5) is 5.13 Å². The van der Waals surface area contributed by atoms with Crippen LogP contribution >= 0.6 is 27.3 Å². The van der Waals surface area contributed by atoms with E-state index in [9.17, 15) is 4.79 Å². The molecule has 1 N–H and O–H groups in total. The Labute approximate surface area is 139 Å². The first-order valence-corrected chi connectivity index (χ1v) is 7.98. The second-order valence-corrected chi connectivity index (χ2v) is 6.05. The van der Waals surface area contributed by atoms with E-state index in [0.717, 1.165) is 4.47 Å². The highest BCUT2D eigenvalue weighted by Crippen LogP contribution is 2.23. The van der Waals surface area contributed by atoms with Gasteiger partial charge in [-0.05, 0) is 24.3 Å². The van der Waals surface area contributed by atoms with E-state index in [1.165, 1.54) is 17.5 Å². The molecule has 2 aromatic heterocycles. The molecule has 5 nitrogen and oxygen atoms in total. The second-order valence-electron chi connectivity index (χ2n) is 4.24. The molecule has 0 radical (unpaired) electrons. The van der Waals surface area contributed by atoms with Gasteiger partial charge in [0.25, 0.3) is 5.91 Å². The SMILES string of the molecule is O=C(Nc1nccs1)c1ccc(Oc2cccc(Br)c2)nc1. The highest BCUT2D eigenvalue weighted by Gasteiger charge is 2.08. The van der Waals surface area contributed by atoms with Crippen LogP contribution < -0.4 is 10.1 Å². The summed E-state index contributed by atoms with van der Waals surface area (Å²) in [6.45, 7) is 0. The molecule has 0 fully saturated rings. The average Bonchev–Trinajstić information content (AvgIpc) is 3.01. The first-order valence-electron chi connectivity index (χ1n) is 6.31. The zero-order chi connectivity index (χ0) is 15.4. The number of amides is 1. The summed E-state index contributed by atoms with van der Waals surface area (Å²) in [5.74, 6) is 0.835. The van der Waals surface area contributed by atoms with Crippen LogP contribution in [0.15, 0.2) is 58.6 Å². The molecule has 0 aliphatic carbocycles. The Kier molecular flexibility index (Phi) is 4.45. The number of nitrogens with zero attached hydrogens (tertiary/aromatic N) is 2. The zero-order valence-corrected chi connectivity index (χ0v) is 13.6. The van der Waals surface area contributed by atoms with Gasteiger partial charge in [-0.2, -0.15) is 0 Å². The van der Waals surface area contributed by atoms with Gasteiger partial charge in [-0.25, -0.2) is 9.97 Å². The smallest absolute Gasteiger partial charge is 0.259 e. The van der Waals surface area contributed by atoms with Crippen molar-refractivity contribution in [2.24, 2.45) is 0 Å². The first-order chi connectivity index (χ1) is 10.7. The van der Waals surface area contributed by atoms with Gasteiger partial charge in [0.15, 0.2) is 5.13 Å². The summed E-state index contributed by atoms with van der Waals surface area (Å²) in [5.41, 5.74) is 0.441. The molecule has 110 valence electrons. The third kappa shape index (κ3) is 3.69.